The van der Waals surface area contributed by atoms with Gasteiger partial charge >= 0.3 is 18.0 Å². The van der Waals surface area contributed by atoms with Gasteiger partial charge in [0.05, 0.1) is 5.56 Å². The molecule has 0 radical (unpaired) electrons. The molecular weight excluding hydrogens is 287 g/mol. The first-order chi connectivity index (χ1) is 9.88. The molecule has 1 saturated heterocycles. The summed E-state index contributed by atoms with van der Waals surface area (Å²) < 4.78 is 37.2. The number of hydrogen-bond acceptors (Lipinski definition) is 3. The van der Waals surface area contributed by atoms with Crippen LogP contribution in [0.4, 0.5) is 18.9 Å². The van der Waals surface area contributed by atoms with Crippen LogP contribution in [0, 0.1) is 0 Å². The van der Waals surface area contributed by atoms with E-state index >= 15 is 0 Å². The van der Waals surface area contributed by atoms with Crippen LogP contribution < -0.4 is 10.6 Å². The fourth-order valence-electron chi connectivity index (χ4n) is 1.94. The van der Waals surface area contributed by atoms with Gasteiger partial charge in [-0.3, -0.25) is 9.59 Å². The standard InChI is InChI=1S/C13H14F3N3O2/c14-13(15,16)9-1-3-10(4-2-9)18-11(20)12(21)19-7-5-17-6-8-19/h1-4,17H,5-8H2,(H,18,20). The van der Waals surface area contributed by atoms with Crippen LogP contribution in [0.25, 0.3) is 0 Å². The summed E-state index contributed by atoms with van der Waals surface area (Å²) in [6.07, 6.45) is -4.43. The van der Waals surface area contributed by atoms with Crippen molar-refractivity contribution in [2.45, 2.75) is 6.18 Å². The summed E-state index contributed by atoms with van der Waals surface area (Å²) in [6.45, 7) is 2.08. The zero-order valence-corrected chi connectivity index (χ0v) is 11.0. The highest BCUT2D eigenvalue weighted by Crippen LogP contribution is 2.29. The lowest BCUT2D eigenvalue weighted by atomic mass is 10.2. The fourth-order valence-corrected chi connectivity index (χ4v) is 1.94. The summed E-state index contributed by atoms with van der Waals surface area (Å²) in [4.78, 5) is 25.0. The summed E-state index contributed by atoms with van der Waals surface area (Å²) in [5.74, 6) is -1.53. The van der Waals surface area contributed by atoms with E-state index in [1.54, 1.807) is 0 Å². The maximum Gasteiger partial charge on any atom is 0.416 e. The molecular formula is C13H14F3N3O2. The SMILES string of the molecule is O=C(Nc1ccc(C(F)(F)F)cc1)C(=O)N1CCNCC1. The van der Waals surface area contributed by atoms with Crippen LogP contribution in [0.15, 0.2) is 24.3 Å². The van der Waals surface area contributed by atoms with Crippen molar-refractivity contribution in [1.29, 1.82) is 0 Å². The molecule has 0 spiro atoms. The summed E-state index contributed by atoms with van der Waals surface area (Å²) >= 11 is 0. The topological polar surface area (TPSA) is 61.4 Å². The third kappa shape index (κ3) is 3.94. The Balaban J connectivity index is 1.97. The van der Waals surface area contributed by atoms with Crippen molar-refractivity contribution >= 4 is 17.5 Å². The Kier molecular flexibility index (Phi) is 4.46. The zero-order valence-electron chi connectivity index (χ0n) is 11.0. The van der Waals surface area contributed by atoms with Crippen molar-refractivity contribution in [1.82, 2.24) is 10.2 Å². The molecule has 2 N–H and O–H groups in total. The molecule has 0 aromatic heterocycles. The third-order valence-corrected chi connectivity index (χ3v) is 3.07. The van der Waals surface area contributed by atoms with Gasteiger partial charge in [0.25, 0.3) is 0 Å². The normalized spacial score (nSPS) is 15.7. The van der Waals surface area contributed by atoms with E-state index in [1.807, 2.05) is 0 Å². The Bertz CT molecular complexity index is 522. The number of rotatable bonds is 1. The van der Waals surface area contributed by atoms with Gasteiger partial charge < -0.3 is 15.5 Å². The quantitative estimate of drug-likeness (QED) is 0.763. The molecule has 0 atom stereocenters. The molecule has 1 aliphatic rings. The second kappa shape index (κ2) is 6.13. The molecule has 1 fully saturated rings. The van der Waals surface area contributed by atoms with Gasteiger partial charge in [-0.15, -0.1) is 0 Å². The highest BCUT2D eigenvalue weighted by Gasteiger charge is 2.30. The van der Waals surface area contributed by atoms with Gasteiger partial charge in [0.2, 0.25) is 0 Å². The number of benzene rings is 1. The van der Waals surface area contributed by atoms with E-state index in [9.17, 15) is 22.8 Å². The molecule has 8 heteroatoms. The minimum atomic E-state index is -4.43. The molecule has 0 bridgehead atoms. The number of halogens is 3. The molecule has 2 amide bonds. The summed E-state index contributed by atoms with van der Waals surface area (Å²) in [5.41, 5.74) is -0.662. The summed E-state index contributed by atoms with van der Waals surface area (Å²) in [5, 5.41) is 5.35. The molecule has 114 valence electrons. The van der Waals surface area contributed by atoms with E-state index in [0.717, 1.165) is 24.3 Å². The second-order valence-electron chi connectivity index (χ2n) is 4.57. The van der Waals surface area contributed by atoms with E-state index in [1.165, 1.54) is 4.90 Å². The molecule has 2 rings (SSSR count). The van der Waals surface area contributed by atoms with Gasteiger partial charge in [0.15, 0.2) is 0 Å². The number of anilines is 1. The van der Waals surface area contributed by atoms with Crippen molar-refractivity contribution < 1.29 is 22.8 Å². The van der Waals surface area contributed by atoms with Crippen molar-refractivity contribution in [2.24, 2.45) is 0 Å². The van der Waals surface area contributed by atoms with Crippen molar-refractivity contribution in [3.05, 3.63) is 29.8 Å². The van der Waals surface area contributed by atoms with Crippen molar-refractivity contribution in [3.63, 3.8) is 0 Å². The van der Waals surface area contributed by atoms with Gasteiger partial charge in [-0.25, -0.2) is 0 Å². The smallest absolute Gasteiger partial charge is 0.332 e. The predicted octanol–water partition coefficient (Wildman–Crippen LogP) is 1.08. The van der Waals surface area contributed by atoms with Gasteiger partial charge in [0, 0.05) is 31.9 Å². The molecule has 1 aromatic carbocycles. The summed E-state index contributed by atoms with van der Waals surface area (Å²) in [7, 11) is 0. The monoisotopic (exact) mass is 301 g/mol. The average Bonchev–Trinajstić information content (AvgIpc) is 2.47. The number of amides is 2. The van der Waals surface area contributed by atoms with Gasteiger partial charge in [-0.1, -0.05) is 0 Å². The van der Waals surface area contributed by atoms with Gasteiger partial charge in [-0.05, 0) is 24.3 Å². The highest BCUT2D eigenvalue weighted by atomic mass is 19.4. The van der Waals surface area contributed by atoms with E-state index in [4.69, 9.17) is 0 Å². The maximum absolute atomic E-state index is 12.4. The van der Waals surface area contributed by atoms with Gasteiger partial charge in [0.1, 0.15) is 0 Å². The van der Waals surface area contributed by atoms with Crippen LogP contribution in [0.3, 0.4) is 0 Å². The summed E-state index contributed by atoms with van der Waals surface area (Å²) in [6, 6.07) is 3.94. The van der Waals surface area contributed by atoms with Crippen molar-refractivity contribution in [3.8, 4) is 0 Å². The molecule has 21 heavy (non-hydrogen) atoms. The van der Waals surface area contributed by atoms with Gasteiger partial charge in [-0.2, -0.15) is 13.2 Å². The fraction of sp³-hybridized carbons (Fsp3) is 0.385. The lowest BCUT2D eigenvalue weighted by Gasteiger charge is -2.26. The van der Waals surface area contributed by atoms with Crippen LogP contribution in [-0.2, 0) is 15.8 Å². The number of alkyl halides is 3. The maximum atomic E-state index is 12.4. The first kappa shape index (κ1) is 15.3. The van der Waals surface area contributed by atoms with E-state index in [2.05, 4.69) is 10.6 Å². The third-order valence-electron chi connectivity index (χ3n) is 3.07. The van der Waals surface area contributed by atoms with Crippen LogP contribution >= 0.6 is 0 Å². The number of carbonyl (C=O) groups excluding carboxylic acids is 2. The lowest BCUT2D eigenvalue weighted by Crippen LogP contribution is -2.49. The molecule has 0 aliphatic carbocycles. The van der Waals surface area contributed by atoms with Crippen LogP contribution in [0.1, 0.15) is 5.56 Å². The zero-order chi connectivity index (χ0) is 15.5. The highest BCUT2D eigenvalue weighted by molar-refractivity contribution is 6.39. The average molecular weight is 301 g/mol. The van der Waals surface area contributed by atoms with Crippen molar-refractivity contribution in [2.75, 3.05) is 31.5 Å². The molecule has 1 heterocycles. The molecule has 1 aromatic rings. The Morgan fingerprint density at radius 2 is 1.67 bits per heavy atom. The number of hydrogen-bond donors (Lipinski definition) is 2. The molecule has 1 aliphatic heterocycles. The molecule has 0 saturated carbocycles. The van der Waals surface area contributed by atoms with Crippen LogP contribution in [-0.4, -0.2) is 42.9 Å². The largest absolute Gasteiger partial charge is 0.416 e. The number of carbonyl (C=O) groups is 2. The Hall–Kier alpha value is -2.09. The predicted molar refractivity (Wildman–Crippen MR) is 69.5 cm³/mol. The minimum Gasteiger partial charge on any atom is -0.332 e. The second-order valence-corrected chi connectivity index (χ2v) is 4.57. The minimum absolute atomic E-state index is 0.150. The number of nitrogens with zero attached hydrogens (tertiary/aromatic N) is 1. The lowest BCUT2D eigenvalue weighted by molar-refractivity contribution is -0.143. The Labute approximate surface area is 119 Å². The Morgan fingerprint density at radius 1 is 1.10 bits per heavy atom. The number of nitrogens with one attached hydrogen (secondary N) is 2. The first-order valence-electron chi connectivity index (χ1n) is 6.36. The van der Waals surface area contributed by atoms with E-state index in [-0.39, 0.29) is 5.69 Å². The Morgan fingerprint density at radius 3 is 2.19 bits per heavy atom. The van der Waals surface area contributed by atoms with E-state index in [0.29, 0.717) is 26.2 Å². The van der Waals surface area contributed by atoms with Crippen LogP contribution in [0.2, 0.25) is 0 Å². The number of piperazine rings is 1. The van der Waals surface area contributed by atoms with Crippen LogP contribution in [0.5, 0.6) is 0 Å². The first-order valence-corrected chi connectivity index (χ1v) is 6.36. The van der Waals surface area contributed by atoms with E-state index < -0.39 is 23.6 Å². The molecule has 0 unspecified atom stereocenters. The molecule has 5 nitrogen and oxygen atoms in total.